The number of hydrogen-bond acceptors (Lipinski definition) is 2. The minimum absolute atomic E-state index is 0.232. The Bertz CT molecular complexity index is 344. The molecular weight excluding hydrogens is 188 g/mol. The number of benzene rings is 1. The molecule has 0 spiro atoms. The van der Waals surface area contributed by atoms with E-state index >= 15 is 0 Å². The molecule has 1 aromatic rings. The van der Waals surface area contributed by atoms with Gasteiger partial charge in [0.1, 0.15) is 5.75 Å². The lowest BCUT2D eigenvalue weighted by Crippen LogP contribution is -2.05. The normalized spacial score (nSPS) is 18.1. The molecule has 0 amide bonds. The van der Waals surface area contributed by atoms with E-state index in [-0.39, 0.29) is 6.10 Å². The van der Waals surface area contributed by atoms with Crippen molar-refractivity contribution in [3.8, 4) is 5.75 Å². The Kier molecular flexibility index (Phi) is 2.96. The summed E-state index contributed by atoms with van der Waals surface area (Å²) in [5.41, 5.74) is 2.62. The number of aliphatic hydroxyl groups excluding tert-OH is 1. The summed E-state index contributed by atoms with van der Waals surface area (Å²) in [4.78, 5) is 0. The van der Waals surface area contributed by atoms with Crippen LogP contribution >= 0.6 is 0 Å². The van der Waals surface area contributed by atoms with Gasteiger partial charge in [-0.15, -0.1) is 0 Å². The maximum Gasteiger partial charge on any atom is 0.122 e. The Morgan fingerprint density at radius 3 is 2.93 bits per heavy atom. The number of rotatable bonds is 3. The van der Waals surface area contributed by atoms with Crippen molar-refractivity contribution in [2.45, 2.75) is 38.7 Å². The summed E-state index contributed by atoms with van der Waals surface area (Å²) >= 11 is 0. The molecule has 0 saturated carbocycles. The fourth-order valence-electron chi connectivity index (χ4n) is 2.16. The minimum atomic E-state index is -0.232. The van der Waals surface area contributed by atoms with Gasteiger partial charge in [-0.1, -0.05) is 19.1 Å². The molecule has 0 saturated heterocycles. The van der Waals surface area contributed by atoms with E-state index in [4.69, 9.17) is 4.74 Å². The second kappa shape index (κ2) is 4.23. The molecule has 2 atom stereocenters. The molecule has 0 aromatic heterocycles. The van der Waals surface area contributed by atoms with Crippen LogP contribution in [-0.2, 0) is 6.42 Å². The topological polar surface area (TPSA) is 29.5 Å². The molecular formula is C13H18O2. The van der Waals surface area contributed by atoms with Gasteiger partial charge in [-0.25, -0.2) is 0 Å². The summed E-state index contributed by atoms with van der Waals surface area (Å²) in [6.45, 7) is 4.81. The Morgan fingerprint density at radius 2 is 2.20 bits per heavy atom. The molecule has 1 N–H and O–H groups in total. The van der Waals surface area contributed by atoms with Crippen molar-refractivity contribution in [1.29, 1.82) is 0 Å². The lowest BCUT2D eigenvalue weighted by molar-refractivity contribution is 0.176. The quantitative estimate of drug-likeness (QED) is 0.823. The Hall–Kier alpha value is -1.02. The third-order valence-electron chi connectivity index (χ3n) is 2.98. The highest BCUT2D eigenvalue weighted by Gasteiger charge is 2.15. The Morgan fingerprint density at radius 1 is 1.40 bits per heavy atom. The molecule has 1 aromatic carbocycles. The second-order valence-electron chi connectivity index (χ2n) is 4.45. The zero-order valence-electron chi connectivity index (χ0n) is 9.36. The van der Waals surface area contributed by atoms with E-state index in [1.807, 2.05) is 6.92 Å². The van der Waals surface area contributed by atoms with E-state index < -0.39 is 0 Å². The summed E-state index contributed by atoms with van der Waals surface area (Å²) < 4.78 is 5.46. The molecule has 2 nitrogen and oxygen atoms in total. The number of fused-ring (bicyclic) bond motifs is 1. The third kappa shape index (κ3) is 2.32. The van der Waals surface area contributed by atoms with Crippen LogP contribution in [0.2, 0.25) is 0 Å². The van der Waals surface area contributed by atoms with Gasteiger partial charge in [-0.2, -0.15) is 0 Å². The maximum atomic E-state index is 9.35. The molecule has 2 rings (SSSR count). The monoisotopic (exact) mass is 206 g/mol. The van der Waals surface area contributed by atoms with Crippen LogP contribution in [0, 0.1) is 0 Å². The van der Waals surface area contributed by atoms with E-state index in [1.54, 1.807) is 0 Å². The number of hydrogen-bond donors (Lipinski definition) is 1. The predicted octanol–water partition coefficient (Wildman–Crippen LogP) is 2.50. The van der Waals surface area contributed by atoms with E-state index in [0.717, 1.165) is 25.2 Å². The zero-order valence-corrected chi connectivity index (χ0v) is 9.36. The summed E-state index contributed by atoms with van der Waals surface area (Å²) in [6, 6.07) is 6.38. The van der Waals surface area contributed by atoms with Gasteiger partial charge in [0, 0.05) is 6.42 Å². The van der Waals surface area contributed by atoms with Crippen molar-refractivity contribution >= 4 is 0 Å². The van der Waals surface area contributed by atoms with Crippen LogP contribution < -0.4 is 4.74 Å². The van der Waals surface area contributed by atoms with Crippen molar-refractivity contribution in [1.82, 2.24) is 0 Å². The molecule has 0 bridgehead atoms. The van der Waals surface area contributed by atoms with Crippen LogP contribution in [0.5, 0.6) is 5.75 Å². The zero-order chi connectivity index (χ0) is 10.8. The Labute approximate surface area is 90.9 Å². The highest BCUT2D eigenvalue weighted by Crippen LogP contribution is 2.30. The third-order valence-corrected chi connectivity index (χ3v) is 2.98. The standard InChI is InChI=1S/C13H18O2/c1-9(7-10(2)14)11-3-4-13-12(8-11)5-6-15-13/h3-4,8-10,14H,5-7H2,1-2H3. The summed E-state index contributed by atoms with van der Waals surface area (Å²) in [7, 11) is 0. The lowest BCUT2D eigenvalue weighted by atomic mass is 9.93. The van der Waals surface area contributed by atoms with Crippen LogP contribution in [0.1, 0.15) is 37.3 Å². The average Bonchev–Trinajstić information content (AvgIpc) is 2.62. The van der Waals surface area contributed by atoms with Crippen molar-refractivity contribution in [2.24, 2.45) is 0 Å². The maximum absolute atomic E-state index is 9.35. The second-order valence-corrected chi connectivity index (χ2v) is 4.45. The van der Waals surface area contributed by atoms with Crippen LogP contribution in [0.4, 0.5) is 0 Å². The molecule has 82 valence electrons. The first-order chi connectivity index (χ1) is 7.16. The largest absolute Gasteiger partial charge is 0.493 e. The highest BCUT2D eigenvalue weighted by molar-refractivity contribution is 5.40. The van der Waals surface area contributed by atoms with Crippen molar-refractivity contribution in [2.75, 3.05) is 6.61 Å². The first-order valence-corrected chi connectivity index (χ1v) is 5.60. The average molecular weight is 206 g/mol. The van der Waals surface area contributed by atoms with Crippen LogP contribution in [-0.4, -0.2) is 17.8 Å². The van der Waals surface area contributed by atoms with Crippen LogP contribution in [0.25, 0.3) is 0 Å². The summed E-state index contributed by atoms with van der Waals surface area (Å²) in [5, 5.41) is 9.35. The van der Waals surface area contributed by atoms with Gasteiger partial charge in [0.05, 0.1) is 12.7 Å². The van der Waals surface area contributed by atoms with Gasteiger partial charge < -0.3 is 9.84 Å². The van der Waals surface area contributed by atoms with E-state index in [0.29, 0.717) is 5.92 Å². The first kappa shape index (κ1) is 10.5. The van der Waals surface area contributed by atoms with Crippen molar-refractivity contribution < 1.29 is 9.84 Å². The molecule has 0 radical (unpaired) electrons. The van der Waals surface area contributed by atoms with Gasteiger partial charge in [0.15, 0.2) is 0 Å². The van der Waals surface area contributed by atoms with E-state index in [2.05, 4.69) is 25.1 Å². The van der Waals surface area contributed by atoms with Crippen LogP contribution in [0.15, 0.2) is 18.2 Å². The summed E-state index contributed by atoms with van der Waals surface area (Å²) in [5.74, 6) is 1.44. The number of ether oxygens (including phenoxy) is 1. The number of aliphatic hydroxyl groups is 1. The molecule has 1 heterocycles. The fourth-order valence-corrected chi connectivity index (χ4v) is 2.16. The molecule has 1 aliphatic rings. The van der Waals surface area contributed by atoms with Gasteiger partial charge in [0.2, 0.25) is 0 Å². The molecule has 2 unspecified atom stereocenters. The minimum Gasteiger partial charge on any atom is -0.493 e. The van der Waals surface area contributed by atoms with Gasteiger partial charge in [-0.3, -0.25) is 0 Å². The first-order valence-electron chi connectivity index (χ1n) is 5.60. The van der Waals surface area contributed by atoms with Crippen LogP contribution in [0.3, 0.4) is 0 Å². The SMILES string of the molecule is CC(O)CC(C)c1ccc2c(c1)CCO2. The molecule has 1 aliphatic heterocycles. The summed E-state index contributed by atoms with van der Waals surface area (Å²) in [6.07, 6.45) is 1.61. The van der Waals surface area contributed by atoms with Gasteiger partial charge in [-0.05, 0) is 36.5 Å². The van der Waals surface area contributed by atoms with Gasteiger partial charge >= 0.3 is 0 Å². The Balaban J connectivity index is 2.15. The predicted molar refractivity (Wildman–Crippen MR) is 60.4 cm³/mol. The van der Waals surface area contributed by atoms with Crippen molar-refractivity contribution in [3.05, 3.63) is 29.3 Å². The van der Waals surface area contributed by atoms with E-state index in [9.17, 15) is 5.11 Å². The van der Waals surface area contributed by atoms with E-state index in [1.165, 1.54) is 11.1 Å². The molecule has 0 aliphatic carbocycles. The highest BCUT2D eigenvalue weighted by atomic mass is 16.5. The molecule has 0 fully saturated rings. The smallest absolute Gasteiger partial charge is 0.122 e. The van der Waals surface area contributed by atoms with Gasteiger partial charge in [0.25, 0.3) is 0 Å². The molecule has 15 heavy (non-hydrogen) atoms. The fraction of sp³-hybridized carbons (Fsp3) is 0.538. The van der Waals surface area contributed by atoms with Crippen molar-refractivity contribution in [3.63, 3.8) is 0 Å². The lowest BCUT2D eigenvalue weighted by Gasteiger charge is -2.14. The molecule has 2 heteroatoms.